The molecule has 0 aliphatic carbocycles. The SMILES string of the molecule is C=Cc1cc(CCC(C)(C)C(=O)c2ccc(CCc3ccc(CCCCCCCCC(=O)O)cc3C=C)cc2)ccc1CCCCCCC(=O)O. The van der Waals surface area contributed by atoms with Crippen LogP contribution in [0.3, 0.4) is 0 Å². The van der Waals surface area contributed by atoms with Crippen LogP contribution in [0.1, 0.15) is 147 Å². The van der Waals surface area contributed by atoms with Crippen LogP contribution in [0, 0.1) is 5.41 Å². The number of carboxylic acids is 2. The first-order valence-electron chi connectivity index (χ1n) is 19.1. The number of hydrogen-bond acceptors (Lipinski definition) is 3. The van der Waals surface area contributed by atoms with Crippen LogP contribution >= 0.6 is 0 Å². The lowest BCUT2D eigenvalue weighted by Gasteiger charge is -2.23. The highest BCUT2D eigenvalue weighted by Crippen LogP contribution is 2.29. The lowest BCUT2D eigenvalue weighted by atomic mass is 9.79. The quantitative estimate of drug-likeness (QED) is 0.0645. The maximum atomic E-state index is 13.6. The molecule has 274 valence electrons. The summed E-state index contributed by atoms with van der Waals surface area (Å²) in [6, 6.07) is 21.4. The van der Waals surface area contributed by atoms with Gasteiger partial charge in [-0.2, -0.15) is 0 Å². The predicted molar refractivity (Wildman–Crippen MR) is 211 cm³/mol. The Morgan fingerprint density at radius 2 is 1.00 bits per heavy atom. The fourth-order valence-electron chi connectivity index (χ4n) is 6.76. The second kappa shape index (κ2) is 21.9. The second-order valence-corrected chi connectivity index (χ2v) is 14.7. The van der Waals surface area contributed by atoms with Gasteiger partial charge in [-0.1, -0.05) is 138 Å². The van der Waals surface area contributed by atoms with Crippen LogP contribution in [0.4, 0.5) is 0 Å². The molecule has 0 aliphatic rings. The van der Waals surface area contributed by atoms with Gasteiger partial charge in [0, 0.05) is 23.8 Å². The molecule has 51 heavy (non-hydrogen) atoms. The van der Waals surface area contributed by atoms with Gasteiger partial charge in [-0.25, -0.2) is 0 Å². The molecule has 3 aromatic rings. The van der Waals surface area contributed by atoms with E-state index in [9.17, 15) is 14.4 Å². The Hall–Kier alpha value is -4.25. The Morgan fingerprint density at radius 3 is 1.53 bits per heavy atom. The molecule has 3 rings (SSSR count). The van der Waals surface area contributed by atoms with Crippen LogP contribution in [0.2, 0.25) is 0 Å². The van der Waals surface area contributed by atoms with Crippen molar-refractivity contribution in [3.05, 3.63) is 118 Å². The Labute approximate surface area is 306 Å². The van der Waals surface area contributed by atoms with Crippen molar-refractivity contribution in [1.29, 1.82) is 0 Å². The molecule has 0 atom stereocenters. The normalized spacial score (nSPS) is 11.3. The fraction of sp³-hybridized carbons (Fsp3) is 0.457. The van der Waals surface area contributed by atoms with Crippen LogP contribution in [0.5, 0.6) is 0 Å². The monoisotopic (exact) mass is 692 g/mol. The van der Waals surface area contributed by atoms with Crippen molar-refractivity contribution in [2.45, 2.75) is 129 Å². The van der Waals surface area contributed by atoms with Gasteiger partial charge in [0.25, 0.3) is 0 Å². The summed E-state index contributed by atoms with van der Waals surface area (Å²) in [5, 5.41) is 17.6. The van der Waals surface area contributed by atoms with Crippen LogP contribution in [0.25, 0.3) is 12.2 Å². The van der Waals surface area contributed by atoms with Crippen molar-refractivity contribution in [1.82, 2.24) is 0 Å². The van der Waals surface area contributed by atoms with E-state index in [1.165, 1.54) is 39.8 Å². The minimum atomic E-state index is -0.724. The van der Waals surface area contributed by atoms with Crippen molar-refractivity contribution in [3.8, 4) is 0 Å². The average molecular weight is 693 g/mol. The van der Waals surface area contributed by atoms with E-state index in [4.69, 9.17) is 10.2 Å². The molecule has 0 heterocycles. The number of hydrogen-bond donors (Lipinski definition) is 2. The van der Waals surface area contributed by atoms with Gasteiger partial charge in [-0.15, -0.1) is 0 Å². The second-order valence-electron chi connectivity index (χ2n) is 14.7. The minimum Gasteiger partial charge on any atom is -0.481 e. The van der Waals surface area contributed by atoms with E-state index in [-0.39, 0.29) is 18.6 Å². The molecule has 3 aromatic carbocycles. The number of benzene rings is 3. The third-order valence-electron chi connectivity index (χ3n) is 10.1. The van der Waals surface area contributed by atoms with Gasteiger partial charge in [0.15, 0.2) is 5.78 Å². The van der Waals surface area contributed by atoms with Crippen LogP contribution in [0.15, 0.2) is 73.8 Å². The highest BCUT2D eigenvalue weighted by molar-refractivity contribution is 6.00. The molecule has 5 heteroatoms. The summed E-state index contributed by atoms with van der Waals surface area (Å²) in [5.41, 5.74) is 8.90. The Balaban J connectivity index is 1.45. The summed E-state index contributed by atoms with van der Waals surface area (Å²) in [6.45, 7) is 12.2. The van der Waals surface area contributed by atoms with Gasteiger partial charge in [-0.3, -0.25) is 14.4 Å². The number of ketones is 1. The predicted octanol–water partition coefficient (Wildman–Crippen LogP) is 11.5. The zero-order valence-electron chi connectivity index (χ0n) is 31.2. The maximum Gasteiger partial charge on any atom is 0.303 e. The molecular weight excluding hydrogens is 633 g/mol. The zero-order valence-corrected chi connectivity index (χ0v) is 31.2. The summed E-state index contributed by atoms with van der Waals surface area (Å²) in [7, 11) is 0. The lowest BCUT2D eigenvalue weighted by molar-refractivity contribution is -0.138. The Bertz CT molecular complexity index is 1580. The molecule has 0 bridgehead atoms. The molecule has 0 unspecified atom stereocenters. The first-order chi connectivity index (χ1) is 24.5. The molecule has 0 radical (unpaired) electrons. The van der Waals surface area contributed by atoms with E-state index in [1.54, 1.807) is 0 Å². The lowest BCUT2D eigenvalue weighted by Crippen LogP contribution is -2.25. The van der Waals surface area contributed by atoms with Gasteiger partial charge in [0.1, 0.15) is 0 Å². The highest BCUT2D eigenvalue weighted by atomic mass is 16.4. The summed E-state index contributed by atoms with van der Waals surface area (Å²) >= 11 is 0. The van der Waals surface area contributed by atoms with Gasteiger partial charge in [0.2, 0.25) is 0 Å². The van der Waals surface area contributed by atoms with Crippen molar-refractivity contribution in [3.63, 3.8) is 0 Å². The van der Waals surface area contributed by atoms with E-state index >= 15 is 0 Å². The number of aliphatic carboxylic acids is 2. The molecule has 0 spiro atoms. The van der Waals surface area contributed by atoms with E-state index in [0.717, 1.165) is 107 Å². The molecule has 0 aliphatic heterocycles. The Kier molecular flexibility index (Phi) is 17.6. The molecule has 0 amide bonds. The van der Waals surface area contributed by atoms with E-state index < -0.39 is 17.4 Å². The van der Waals surface area contributed by atoms with Gasteiger partial charge in [-0.05, 0) is 103 Å². The van der Waals surface area contributed by atoms with Crippen molar-refractivity contribution >= 4 is 29.9 Å². The van der Waals surface area contributed by atoms with Gasteiger partial charge >= 0.3 is 11.9 Å². The third kappa shape index (κ3) is 14.9. The zero-order chi connectivity index (χ0) is 37.1. The number of carboxylic acid groups (broad SMARTS) is 2. The third-order valence-corrected chi connectivity index (χ3v) is 10.1. The molecule has 0 fully saturated rings. The smallest absolute Gasteiger partial charge is 0.303 e. The first kappa shape index (κ1) is 41.2. The van der Waals surface area contributed by atoms with E-state index in [0.29, 0.717) is 0 Å². The first-order valence-corrected chi connectivity index (χ1v) is 19.1. The number of aryl methyl sites for hydroxylation is 5. The number of unbranched alkanes of at least 4 members (excludes halogenated alkanes) is 8. The number of carbonyl (C=O) groups excluding carboxylic acids is 1. The van der Waals surface area contributed by atoms with E-state index in [1.807, 2.05) is 38.1 Å². The molecule has 0 saturated heterocycles. The Morgan fingerprint density at radius 1 is 0.549 bits per heavy atom. The van der Waals surface area contributed by atoms with E-state index in [2.05, 4.69) is 61.7 Å². The summed E-state index contributed by atoms with van der Waals surface area (Å²) < 4.78 is 0. The van der Waals surface area contributed by atoms with Crippen LogP contribution in [-0.4, -0.2) is 27.9 Å². The van der Waals surface area contributed by atoms with Crippen molar-refractivity contribution in [2.24, 2.45) is 5.41 Å². The fourth-order valence-corrected chi connectivity index (χ4v) is 6.76. The van der Waals surface area contributed by atoms with Gasteiger partial charge < -0.3 is 10.2 Å². The van der Waals surface area contributed by atoms with Crippen LogP contribution in [-0.2, 0) is 41.7 Å². The van der Waals surface area contributed by atoms with Crippen molar-refractivity contribution < 1.29 is 24.6 Å². The highest BCUT2D eigenvalue weighted by Gasteiger charge is 2.28. The topological polar surface area (TPSA) is 91.7 Å². The van der Waals surface area contributed by atoms with Crippen LogP contribution < -0.4 is 0 Å². The number of carbonyl (C=O) groups is 3. The van der Waals surface area contributed by atoms with Gasteiger partial charge in [0.05, 0.1) is 0 Å². The average Bonchev–Trinajstić information content (AvgIpc) is 3.12. The molecule has 0 aromatic heterocycles. The molecule has 0 saturated carbocycles. The largest absolute Gasteiger partial charge is 0.481 e. The number of rotatable bonds is 26. The number of Topliss-reactive ketones (excluding diaryl/α,β-unsaturated/α-hetero) is 1. The summed E-state index contributed by atoms with van der Waals surface area (Å²) in [4.78, 5) is 34.9. The molecule has 2 N–H and O–H groups in total. The molecular formula is C46H60O5. The van der Waals surface area contributed by atoms with Crippen molar-refractivity contribution in [2.75, 3.05) is 0 Å². The standard InChI is InChI=1S/C46H60O5/c1-5-38-34-37(25-27-40(38)18-14-11-12-16-20-44(49)50)31-32-46(3,4)45(51)42-29-22-35(23-30-42)21-26-41-28-24-36(33-39(41)6-2)17-13-9-7-8-10-15-19-43(47)48/h5-6,22-25,27-30,33-34H,1-2,7-21,26,31-32H2,3-4H3,(H,47,48)(H,49,50). The summed E-state index contributed by atoms with van der Waals surface area (Å²) in [6.07, 6.45) is 19.8. The maximum absolute atomic E-state index is 13.6. The molecule has 5 nitrogen and oxygen atoms in total. The summed E-state index contributed by atoms with van der Waals surface area (Å²) in [5.74, 6) is -1.26. The minimum absolute atomic E-state index is 0.167.